The zero-order valence-electron chi connectivity index (χ0n) is 15.4. The molecule has 144 valence electrons. The van der Waals surface area contributed by atoms with E-state index in [9.17, 15) is 15.0 Å². The molecule has 1 aliphatic heterocycles. The number of carboxylic acids is 1. The summed E-state index contributed by atoms with van der Waals surface area (Å²) in [5, 5.41) is 31.5. The molecule has 0 aromatic heterocycles. The van der Waals surface area contributed by atoms with E-state index in [4.69, 9.17) is 9.84 Å². The summed E-state index contributed by atoms with van der Waals surface area (Å²) in [7, 11) is 1.89. The quantitative estimate of drug-likeness (QED) is 0.506. The minimum Gasteiger partial charge on any atom is -0.477 e. The lowest BCUT2D eigenvalue weighted by Crippen LogP contribution is -2.50. The number of aliphatic carboxylic acids is 1. The number of rotatable bonds is 7. The highest BCUT2D eigenvalue weighted by Crippen LogP contribution is 2.43. The number of likely N-dealkylation sites (tertiary alicyclic amines) is 1. The van der Waals surface area contributed by atoms with Crippen LogP contribution < -0.4 is 0 Å². The smallest absolute Gasteiger partial charge is 0.359 e. The first kappa shape index (κ1) is 19.3. The Morgan fingerprint density at radius 1 is 1.27 bits per heavy atom. The molecule has 3 rings (SSSR count). The van der Waals surface area contributed by atoms with Gasteiger partial charge in [-0.3, -0.25) is 0 Å². The van der Waals surface area contributed by atoms with Gasteiger partial charge in [0, 0.05) is 6.42 Å². The predicted octanol–water partition coefficient (Wildman–Crippen LogP) is 1.70. The molecule has 6 nitrogen and oxygen atoms in total. The van der Waals surface area contributed by atoms with Gasteiger partial charge < -0.3 is 24.5 Å². The van der Waals surface area contributed by atoms with Crippen LogP contribution in [0, 0.1) is 5.92 Å². The highest BCUT2D eigenvalue weighted by Gasteiger charge is 2.49. The molecule has 1 aromatic rings. The summed E-state index contributed by atoms with van der Waals surface area (Å²) < 4.78 is 6.31. The number of hydrogen-bond acceptors (Lipinski definition) is 4. The van der Waals surface area contributed by atoms with Gasteiger partial charge >= 0.3 is 5.97 Å². The third kappa shape index (κ3) is 3.93. The number of aliphatic hydroxyl groups excluding tert-OH is 1. The molecule has 1 saturated carbocycles. The summed E-state index contributed by atoms with van der Waals surface area (Å²) in [5.74, 6) is -0.873. The van der Waals surface area contributed by atoms with Crippen LogP contribution in [0.25, 0.3) is 0 Å². The van der Waals surface area contributed by atoms with Crippen molar-refractivity contribution in [3.05, 3.63) is 35.9 Å². The van der Waals surface area contributed by atoms with E-state index < -0.39 is 17.9 Å². The molecule has 1 saturated heterocycles. The Morgan fingerprint density at radius 2 is 1.92 bits per heavy atom. The van der Waals surface area contributed by atoms with Crippen molar-refractivity contribution in [2.75, 3.05) is 26.7 Å². The first-order chi connectivity index (χ1) is 12.3. The van der Waals surface area contributed by atoms with Crippen molar-refractivity contribution < 1.29 is 29.3 Å². The lowest BCUT2D eigenvalue weighted by atomic mass is 9.79. The molecule has 2 fully saturated rings. The van der Waals surface area contributed by atoms with E-state index in [1.165, 1.54) is 0 Å². The molecular weight excluding hydrogens is 334 g/mol. The standard InChI is InChI=1S/C20H29NO5/c1-21(14-18(22)23)12-11-17(13-21)26-19(24)20(25,16-9-5-6-10-16)15-7-3-2-4-8-15/h2-4,7-8,16-17,19,24-25H,5-6,9-14H2,1H3/p+1/t17-,19?,20?,21?/m1/s1. The van der Waals surface area contributed by atoms with E-state index in [2.05, 4.69) is 0 Å². The van der Waals surface area contributed by atoms with Crippen molar-refractivity contribution in [2.24, 2.45) is 5.92 Å². The highest BCUT2D eigenvalue weighted by atomic mass is 16.6. The summed E-state index contributed by atoms with van der Waals surface area (Å²) in [6, 6.07) is 9.28. The number of hydrogen-bond donors (Lipinski definition) is 3. The van der Waals surface area contributed by atoms with E-state index in [1.54, 1.807) is 0 Å². The SMILES string of the molecule is C[N+]1(CC(=O)O)CC[C@@H](OC(O)C(O)(c2ccccc2)C2CCCC2)C1. The third-order valence-corrected chi connectivity index (χ3v) is 6.06. The Bertz CT molecular complexity index is 618. The average Bonchev–Trinajstić information content (AvgIpc) is 3.25. The summed E-state index contributed by atoms with van der Waals surface area (Å²) in [5.41, 5.74) is -0.753. The zero-order valence-corrected chi connectivity index (χ0v) is 15.4. The molecular formula is C20H30NO5+. The molecule has 1 aliphatic carbocycles. The van der Waals surface area contributed by atoms with Crippen molar-refractivity contribution in [3.63, 3.8) is 0 Å². The molecule has 0 amide bonds. The number of carbonyl (C=O) groups is 1. The maximum absolute atomic E-state index is 11.5. The maximum Gasteiger partial charge on any atom is 0.359 e. The topological polar surface area (TPSA) is 87.0 Å². The molecule has 0 radical (unpaired) electrons. The van der Waals surface area contributed by atoms with Gasteiger partial charge in [-0.15, -0.1) is 0 Å². The number of quaternary nitrogens is 1. The highest BCUT2D eigenvalue weighted by molar-refractivity contribution is 5.67. The fraction of sp³-hybridized carbons (Fsp3) is 0.650. The Hall–Kier alpha value is -1.47. The van der Waals surface area contributed by atoms with Gasteiger partial charge in [0.05, 0.1) is 13.6 Å². The Morgan fingerprint density at radius 3 is 2.54 bits per heavy atom. The first-order valence-corrected chi connectivity index (χ1v) is 9.50. The average molecular weight is 364 g/mol. The molecule has 0 bridgehead atoms. The normalized spacial score (nSPS) is 30.2. The van der Waals surface area contributed by atoms with Crippen molar-refractivity contribution in [1.82, 2.24) is 0 Å². The second kappa shape index (κ2) is 7.64. The van der Waals surface area contributed by atoms with Gasteiger partial charge in [-0.25, -0.2) is 4.79 Å². The Balaban J connectivity index is 1.75. The van der Waals surface area contributed by atoms with Gasteiger partial charge in [0.1, 0.15) is 18.2 Å². The summed E-state index contributed by atoms with van der Waals surface area (Å²) in [4.78, 5) is 11.1. The predicted molar refractivity (Wildman–Crippen MR) is 96.2 cm³/mol. The van der Waals surface area contributed by atoms with E-state index in [0.717, 1.165) is 25.7 Å². The molecule has 1 heterocycles. The number of benzene rings is 1. The minimum atomic E-state index is -1.43. The number of ether oxygens (including phenoxy) is 1. The first-order valence-electron chi connectivity index (χ1n) is 9.50. The van der Waals surface area contributed by atoms with Crippen LogP contribution in [-0.2, 0) is 15.1 Å². The van der Waals surface area contributed by atoms with E-state index in [-0.39, 0.29) is 18.6 Å². The Kier molecular flexibility index (Phi) is 5.67. The Labute approximate surface area is 154 Å². The van der Waals surface area contributed by atoms with Gasteiger partial charge in [0.2, 0.25) is 0 Å². The third-order valence-electron chi connectivity index (χ3n) is 6.06. The second-order valence-corrected chi connectivity index (χ2v) is 8.15. The van der Waals surface area contributed by atoms with Gasteiger partial charge in [0.25, 0.3) is 0 Å². The largest absolute Gasteiger partial charge is 0.477 e. The van der Waals surface area contributed by atoms with Crippen molar-refractivity contribution in [1.29, 1.82) is 0 Å². The van der Waals surface area contributed by atoms with Gasteiger partial charge in [-0.05, 0) is 24.3 Å². The van der Waals surface area contributed by atoms with Crippen LogP contribution in [0.1, 0.15) is 37.7 Å². The van der Waals surface area contributed by atoms with Gasteiger partial charge in [-0.1, -0.05) is 43.2 Å². The zero-order chi connectivity index (χ0) is 18.8. The van der Waals surface area contributed by atoms with Crippen LogP contribution in [-0.4, -0.2) is 64.8 Å². The molecule has 0 spiro atoms. The van der Waals surface area contributed by atoms with E-state index in [0.29, 0.717) is 29.6 Å². The van der Waals surface area contributed by atoms with Crippen molar-refractivity contribution in [2.45, 2.75) is 50.1 Å². The molecule has 6 heteroatoms. The van der Waals surface area contributed by atoms with Gasteiger partial charge in [-0.2, -0.15) is 0 Å². The van der Waals surface area contributed by atoms with Crippen molar-refractivity contribution in [3.8, 4) is 0 Å². The number of aliphatic hydroxyl groups is 2. The molecule has 3 unspecified atom stereocenters. The second-order valence-electron chi connectivity index (χ2n) is 8.15. The molecule has 2 aliphatic rings. The van der Waals surface area contributed by atoms with E-state index >= 15 is 0 Å². The lowest BCUT2D eigenvalue weighted by molar-refractivity contribution is -0.891. The van der Waals surface area contributed by atoms with Crippen LogP contribution in [0.4, 0.5) is 0 Å². The molecule has 3 N–H and O–H groups in total. The van der Waals surface area contributed by atoms with E-state index in [1.807, 2.05) is 37.4 Å². The lowest BCUT2D eigenvalue weighted by Gasteiger charge is -2.39. The minimum absolute atomic E-state index is 0.0406. The molecule has 4 atom stereocenters. The maximum atomic E-state index is 11.5. The number of carboxylic acid groups (broad SMARTS) is 1. The summed E-state index contributed by atoms with van der Waals surface area (Å²) >= 11 is 0. The van der Waals surface area contributed by atoms with Crippen molar-refractivity contribution >= 4 is 5.97 Å². The number of likely N-dealkylation sites (N-methyl/N-ethyl adjacent to an activating group) is 1. The monoisotopic (exact) mass is 364 g/mol. The van der Waals surface area contributed by atoms with Crippen LogP contribution in [0.2, 0.25) is 0 Å². The van der Waals surface area contributed by atoms with Crippen LogP contribution in [0.3, 0.4) is 0 Å². The van der Waals surface area contributed by atoms with Crippen LogP contribution in [0.15, 0.2) is 30.3 Å². The van der Waals surface area contributed by atoms with Crippen LogP contribution in [0.5, 0.6) is 0 Å². The molecule has 1 aromatic carbocycles. The van der Waals surface area contributed by atoms with Crippen LogP contribution >= 0.6 is 0 Å². The van der Waals surface area contributed by atoms with Gasteiger partial charge in [0.15, 0.2) is 12.8 Å². The fourth-order valence-corrected chi connectivity index (χ4v) is 4.65. The summed E-state index contributed by atoms with van der Waals surface area (Å²) in [6.07, 6.45) is 2.91. The summed E-state index contributed by atoms with van der Waals surface area (Å²) in [6.45, 7) is 1.26. The molecule has 26 heavy (non-hydrogen) atoms. The number of nitrogens with zero attached hydrogens (tertiary/aromatic N) is 1. The fourth-order valence-electron chi connectivity index (χ4n) is 4.65.